The summed E-state index contributed by atoms with van der Waals surface area (Å²) in [5.41, 5.74) is 3.83. The molecule has 3 aromatic rings. The largest absolute Gasteiger partial charge is 0.465 e. The van der Waals surface area contributed by atoms with E-state index in [1.54, 1.807) is 12.4 Å². The minimum absolute atomic E-state index is 0.129. The third-order valence-electron chi connectivity index (χ3n) is 6.90. The van der Waals surface area contributed by atoms with Gasteiger partial charge < -0.3 is 20.5 Å². The van der Waals surface area contributed by atoms with Crippen molar-refractivity contribution in [1.29, 1.82) is 0 Å². The van der Waals surface area contributed by atoms with Crippen molar-refractivity contribution in [3.8, 4) is 0 Å². The molecule has 1 aliphatic carbocycles. The number of nitrogens with zero attached hydrogens (tertiary/aromatic N) is 4. The summed E-state index contributed by atoms with van der Waals surface area (Å²) in [6, 6.07) is 17.3. The molecule has 3 N–H and O–H groups in total. The lowest BCUT2D eigenvalue weighted by atomic mass is 9.72. The fourth-order valence-electron chi connectivity index (χ4n) is 5.25. The zero-order valence-electron chi connectivity index (χ0n) is 18.1. The minimum Gasteiger partial charge on any atom is -0.465 e. The van der Waals surface area contributed by atoms with Gasteiger partial charge in [-0.3, -0.25) is 0 Å². The fourth-order valence-corrected chi connectivity index (χ4v) is 5.25. The fraction of sp³-hybridized carbons (Fsp3) is 0.280. The summed E-state index contributed by atoms with van der Waals surface area (Å²) in [6.07, 6.45) is 4.92. The Balaban J connectivity index is 1.32. The summed E-state index contributed by atoms with van der Waals surface area (Å²) in [5, 5.41) is 25.1. The van der Waals surface area contributed by atoms with Crippen molar-refractivity contribution in [3.05, 3.63) is 89.4 Å². The maximum absolute atomic E-state index is 11.5. The Bertz CT molecular complexity index is 1170. The van der Waals surface area contributed by atoms with Gasteiger partial charge in [-0.2, -0.15) is 0 Å². The van der Waals surface area contributed by atoms with Crippen LogP contribution in [0.1, 0.15) is 41.3 Å². The molecular formula is C25H25N5O3. The molecule has 1 aromatic heterocycles. The summed E-state index contributed by atoms with van der Waals surface area (Å²) in [5.74, 6) is 0.761. The number of piperidine rings is 1. The molecule has 0 bridgehead atoms. The van der Waals surface area contributed by atoms with E-state index in [4.69, 9.17) is 0 Å². The van der Waals surface area contributed by atoms with Crippen LogP contribution in [0.4, 0.5) is 10.6 Å². The average Bonchev–Trinajstić information content (AvgIpc) is 3.13. The highest BCUT2D eigenvalue weighted by atomic mass is 16.4. The molecule has 1 unspecified atom stereocenters. The van der Waals surface area contributed by atoms with Crippen molar-refractivity contribution in [3.63, 3.8) is 0 Å². The summed E-state index contributed by atoms with van der Waals surface area (Å²) < 4.78 is 0. The number of nitrogens with one attached hydrogen (secondary N) is 1. The van der Waals surface area contributed by atoms with Crippen LogP contribution in [-0.2, 0) is 6.42 Å². The molecule has 8 nitrogen and oxygen atoms in total. The predicted octanol–water partition coefficient (Wildman–Crippen LogP) is 3.85. The molecule has 1 fully saturated rings. The summed E-state index contributed by atoms with van der Waals surface area (Å²) in [6.45, 7) is 1.53. The number of oxime groups is 1. The highest BCUT2D eigenvalue weighted by molar-refractivity contribution is 6.11. The van der Waals surface area contributed by atoms with Crippen LogP contribution in [-0.4, -0.2) is 45.2 Å². The molecule has 2 heterocycles. The van der Waals surface area contributed by atoms with E-state index in [2.05, 4.69) is 31.4 Å². The van der Waals surface area contributed by atoms with E-state index in [9.17, 15) is 15.1 Å². The van der Waals surface area contributed by atoms with Crippen LogP contribution in [0.5, 0.6) is 0 Å². The molecule has 1 amide bonds. The minimum atomic E-state index is -0.986. The second-order valence-corrected chi connectivity index (χ2v) is 8.68. The summed E-state index contributed by atoms with van der Waals surface area (Å²) >= 11 is 0. The number of rotatable bonds is 4. The van der Waals surface area contributed by atoms with E-state index >= 15 is 0 Å². The third kappa shape index (κ3) is 3.88. The third-order valence-corrected chi connectivity index (χ3v) is 6.90. The number of hydrogen-bond donors (Lipinski definition) is 3. The first-order valence-electron chi connectivity index (χ1n) is 11.0. The van der Waals surface area contributed by atoms with E-state index in [1.807, 2.05) is 48.5 Å². The molecule has 0 radical (unpaired) electrons. The highest BCUT2D eigenvalue weighted by Crippen LogP contribution is 2.52. The Morgan fingerprint density at radius 2 is 1.76 bits per heavy atom. The molecule has 1 saturated heterocycles. The predicted molar refractivity (Wildman–Crippen MR) is 124 cm³/mol. The van der Waals surface area contributed by atoms with Crippen LogP contribution < -0.4 is 10.2 Å². The Labute approximate surface area is 191 Å². The summed E-state index contributed by atoms with van der Waals surface area (Å²) in [4.78, 5) is 22.8. The van der Waals surface area contributed by atoms with Crippen molar-refractivity contribution >= 4 is 17.6 Å². The van der Waals surface area contributed by atoms with Gasteiger partial charge in [0, 0.05) is 24.1 Å². The van der Waals surface area contributed by atoms with Crippen LogP contribution in [0.25, 0.3) is 0 Å². The van der Waals surface area contributed by atoms with E-state index in [-0.39, 0.29) is 11.5 Å². The standard InChI is InChI=1S/C25H25N5O3/c31-24(32)28-23-19-9-5-4-8-18(19)14-25(23)10-12-30(13-11-25)21-16-26-20(15-27-21)22(29-33)17-6-2-1-3-7-17/h1-9,15-16,23,28,33H,10-14H2,(H,31,32). The second kappa shape index (κ2) is 8.54. The van der Waals surface area contributed by atoms with Crippen molar-refractivity contribution in [2.75, 3.05) is 18.0 Å². The molecule has 168 valence electrons. The SMILES string of the molecule is O=C(O)NC1c2ccccc2CC12CCN(c1cnc(C(=NO)c3ccccc3)cn1)CC2. The van der Waals surface area contributed by atoms with E-state index in [0.29, 0.717) is 11.4 Å². The monoisotopic (exact) mass is 443 g/mol. The van der Waals surface area contributed by atoms with Gasteiger partial charge in [0.15, 0.2) is 0 Å². The van der Waals surface area contributed by atoms with E-state index < -0.39 is 6.09 Å². The quantitative estimate of drug-likeness (QED) is 0.321. The molecule has 33 heavy (non-hydrogen) atoms. The van der Waals surface area contributed by atoms with Crippen LogP contribution in [0.2, 0.25) is 0 Å². The van der Waals surface area contributed by atoms with Gasteiger partial charge >= 0.3 is 6.09 Å². The lowest BCUT2D eigenvalue weighted by Gasteiger charge is -2.43. The number of carbonyl (C=O) groups is 1. The van der Waals surface area contributed by atoms with Gasteiger partial charge in [0.2, 0.25) is 0 Å². The van der Waals surface area contributed by atoms with Crippen LogP contribution >= 0.6 is 0 Å². The van der Waals surface area contributed by atoms with Crippen molar-refractivity contribution in [2.45, 2.75) is 25.3 Å². The molecular weight excluding hydrogens is 418 g/mol. The number of fused-ring (bicyclic) bond motifs is 1. The second-order valence-electron chi connectivity index (χ2n) is 8.68. The van der Waals surface area contributed by atoms with Gasteiger partial charge in [-0.25, -0.2) is 14.8 Å². The van der Waals surface area contributed by atoms with E-state index in [0.717, 1.165) is 49.3 Å². The lowest BCUT2D eigenvalue weighted by Crippen LogP contribution is -2.47. The Morgan fingerprint density at radius 1 is 1.03 bits per heavy atom. The highest BCUT2D eigenvalue weighted by Gasteiger charge is 2.48. The molecule has 8 heteroatoms. The molecule has 2 aliphatic rings. The van der Waals surface area contributed by atoms with Crippen LogP contribution in [0, 0.1) is 5.41 Å². The van der Waals surface area contributed by atoms with Gasteiger partial charge in [-0.1, -0.05) is 59.8 Å². The van der Waals surface area contributed by atoms with Gasteiger partial charge in [-0.05, 0) is 30.4 Å². The first kappa shape index (κ1) is 20.9. The first-order valence-corrected chi connectivity index (χ1v) is 11.0. The number of aromatic nitrogens is 2. The van der Waals surface area contributed by atoms with E-state index in [1.165, 1.54) is 5.56 Å². The molecule has 0 saturated carbocycles. The smallest absolute Gasteiger partial charge is 0.405 e. The maximum Gasteiger partial charge on any atom is 0.405 e. The molecule has 5 rings (SSSR count). The van der Waals surface area contributed by atoms with Gasteiger partial charge in [-0.15, -0.1) is 0 Å². The number of benzene rings is 2. The topological polar surface area (TPSA) is 111 Å². The zero-order chi connectivity index (χ0) is 22.8. The number of hydrogen-bond acceptors (Lipinski definition) is 6. The normalized spacial score (nSPS) is 19.3. The first-order chi connectivity index (χ1) is 16.1. The van der Waals surface area contributed by atoms with Gasteiger partial charge in [0.25, 0.3) is 0 Å². The number of carboxylic acid groups (broad SMARTS) is 1. The zero-order valence-corrected chi connectivity index (χ0v) is 18.1. The van der Waals surface area contributed by atoms with Gasteiger partial charge in [0.1, 0.15) is 17.2 Å². The summed E-state index contributed by atoms with van der Waals surface area (Å²) in [7, 11) is 0. The number of anilines is 1. The Morgan fingerprint density at radius 3 is 2.42 bits per heavy atom. The van der Waals surface area contributed by atoms with Crippen LogP contribution in [0.3, 0.4) is 0 Å². The molecule has 1 spiro atoms. The number of amides is 1. The molecule has 1 aliphatic heterocycles. The lowest BCUT2D eigenvalue weighted by molar-refractivity contribution is 0.141. The molecule has 1 atom stereocenters. The van der Waals surface area contributed by atoms with Crippen molar-refractivity contribution < 1.29 is 15.1 Å². The van der Waals surface area contributed by atoms with Crippen LogP contribution in [0.15, 0.2) is 72.1 Å². The maximum atomic E-state index is 11.5. The Kier molecular flexibility index (Phi) is 5.42. The molecule has 2 aromatic carbocycles. The Hall–Kier alpha value is -3.94. The average molecular weight is 444 g/mol. The van der Waals surface area contributed by atoms with Gasteiger partial charge in [0.05, 0.1) is 18.4 Å². The van der Waals surface area contributed by atoms with Crippen molar-refractivity contribution in [2.24, 2.45) is 10.6 Å². The van der Waals surface area contributed by atoms with Crippen molar-refractivity contribution in [1.82, 2.24) is 15.3 Å².